The maximum absolute atomic E-state index is 11.2. The first-order chi connectivity index (χ1) is 8.09. The van der Waals surface area contributed by atoms with Crippen LogP contribution < -0.4 is 5.69 Å². The first-order valence-corrected chi connectivity index (χ1v) is 5.97. The fourth-order valence-corrected chi connectivity index (χ4v) is 2.45. The summed E-state index contributed by atoms with van der Waals surface area (Å²) in [6, 6.07) is 7.51. The molecule has 1 aromatic heterocycles. The van der Waals surface area contributed by atoms with Gasteiger partial charge < -0.3 is 5.11 Å². The van der Waals surface area contributed by atoms with Crippen LogP contribution in [0.25, 0.3) is 0 Å². The molecule has 0 saturated heterocycles. The lowest BCUT2D eigenvalue weighted by molar-refractivity contribution is 0.196. The number of aliphatic hydroxyl groups is 1. The smallest absolute Gasteiger partial charge is 0.343 e. The maximum Gasteiger partial charge on any atom is 0.343 e. The summed E-state index contributed by atoms with van der Waals surface area (Å²) in [6.07, 6.45) is -0.547. The Balaban J connectivity index is 2.36. The van der Waals surface area contributed by atoms with Gasteiger partial charge in [0.2, 0.25) is 0 Å². The van der Waals surface area contributed by atoms with Crippen molar-refractivity contribution < 1.29 is 5.11 Å². The second kappa shape index (κ2) is 4.77. The van der Waals surface area contributed by atoms with Crippen LogP contribution in [0.4, 0.5) is 0 Å². The van der Waals surface area contributed by atoms with Gasteiger partial charge in [0.05, 0.1) is 6.10 Å². The Morgan fingerprint density at radius 1 is 1.47 bits per heavy atom. The zero-order valence-corrected chi connectivity index (χ0v) is 10.4. The third-order valence-electron chi connectivity index (χ3n) is 2.41. The van der Waals surface area contributed by atoms with Crippen molar-refractivity contribution in [3.63, 3.8) is 0 Å². The van der Waals surface area contributed by atoms with Gasteiger partial charge in [-0.25, -0.2) is 9.89 Å². The number of rotatable bonds is 3. The van der Waals surface area contributed by atoms with Crippen molar-refractivity contribution in [2.75, 3.05) is 0 Å². The predicted octanol–water partition coefficient (Wildman–Crippen LogP) is 1.31. The molecule has 1 heterocycles. The van der Waals surface area contributed by atoms with Gasteiger partial charge in [0.25, 0.3) is 0 Å². The van der Waals surface area contributed by atoms with Crippen molar-refractivity contribution in [3.05, 3.63) is 40.3 Å². The number of hydrogen-bond donors (Lipinski definition) is 2. The third kappa shape index (κ3) is 2.42. The summed E-state index contributed by atoms with van der Waals surface area (Å²) in [5, 5.41) is 16.5. The lowest BCUT2D eigenvalue weighted by Gasteiger charge is -2.10. The van der Waals surface area contributed by atoms with Gasteiger partial charge >= 0.3 is 5.69 Å². The van der Waals surface area contributed by atoms with Gasteiger partial charge in [-0.15, -0.1) is 5.10 Å². The topological polar surface area (TPSA) is 70.9 Å². The van der Waals surface area contributed by atoms with E-state index in [0.29, 0.717) is 5.16 Å². The van der Waals surface area contributed by atoms with Crippen molar-refractivity contribution in [1.29, 1.82) is 0 Å². The summed E-state index contributed by atoms with van der Waals surface area (Å²) in [5.74, 6) is 0. The minimum atomic E-state index is -0.547. The SMILES string of the molecule is CC(O)c1ccccc1Sc1n[nH]c(=O)n1C. The van der Waals surface area contributed by atoms with Gasteiger partial charge in [0.1, 0.15) is 0 Å². The number of aromatic nitrogens is 3. The van der Waals surface area contributed by atoms with Crippen molar-refractivity contribution >= 4 is 11.8 Å². The largest absolute Gasteiger partial charge is 0.389 e. The Hall–Kier alpha value is -1.53. The van der Waals surface area contributed by atoms with E-state index in [1.807, 2.05) is 24.3 Å². The van der Waals surface area contributed by atoms with Gasteiger partial charge in [0.15, 0.2) is 5.16 Å². The van der Waals surface area contributed by atoms with Gasteiger partial charge in [-0.1, -0.05) is 18.2 Å². The Morgan fingerprint density at radius 2 is 2.18 bits per heavy atom. The molecule has 2 aromatic rings. The zero-order valence-electron chi connectivity index (χ0n) is 9.54. The van der Waals surface area contributed by atoms with E-state index < -0.39 is 6.10 Å². The normalized spacial score (nSPS) is 12.6. The molecule has 2 N–H and O–H groups in total. The molecule has 5 nitrogen and oxygen atoms in total. The predicted molar refractivity (Wildman–Crippen MR) is 65.0 cm³/mol. The Kier molecular flexibility index (Phi) is 3.35. The average molecular weight is 251 g/mol. The molecule has 0 radical (unpaired) electrons. The fraction of sp³-hybridized carbons (Fsp3) is 0.273. The van der Waals surface area contributed by atoms with E-state index in [0.717, 1.165) is 10.5 Å². The lowest BCUT2D eigenvalue weighted by Crippen LogP contribution is -2.12. The van der Waals surface area contributed by atoms with Gasteiger partial charge in [-0.2, -0.15) is 0 Å². The zero-order chi connectivity index (χ0) is 12.4. The fourth-order valence-electron chi connectivity index (χ4n) is 1.44. The number of nitrogens with zero attached hydrogens (tertiary/aromatic N) is 2. The molecule has 0 aliphatic rings. The van der Waals surface area contributed by atoms with Crippen LogP contribution in [0.2, 0.25) is 0 Å². The van der Waals surface area contributed by atoms with Crippen LogP contribution in [0.15, 0.2) is 39.1 Å². The molecule has 0 amide bonds. The number of H-pyrrole nitrogens is 1. The van der Waals surface area contributed by atoms with Crippen LogP contribution in [0.3, 0.4) is 0 Å². The number of benzene rings is 1. The average Bonchev–Trinajstić information content (AvgIpc) is 2.61. The minimum Gasteiger partial charge on any atom is -0.389 e. The second-order valence-corrected chi connectivity index (χ2v) is 4.70. The van der Waals surface area contributed by atoms with E-state index in [1.54, 1.807) is 14.0 Å². The van der Waals surface area contributed by atoms with Gasteiger partial charge in [0, 0.05) is 11.9 Å². The maximum atomic E-state index is 11.2. The monoisotopic (exact) mass is 251 g/mol. The molecule has 2 rings (SSSR count). The highest BCUT2D eigenvalue weighted by atomic mass is 32.2. The number of aliphatic hydroxyl groups excluding tert-OH is 1. The standard InChI is InChI=1S/C11H13N3O2S/c1-7(15)8-5-3-4-6-9(8)17-11-13-12-10(16)14(11)2/h3-7,15H,1-2H3,(H,12,16). The highest BCUT2D eigenvalue weighted by Crippen LogP contribution is 2.31. The van der Waals surface area contributed by atoms with Crippen molar-refractivity contribution in [1.82, 2.24) is 14.8 Å². The first kappa shape index (κ1) is 11.9. The highest BCUT2D eigenvalue weighted by molar-refractivity contribution is 7.99. The molecule has 90 valence electrons. The Bertz CT molecular complexity index is 574. The molecule has 0 fully saturated rings. The molecule has 1 unspecified atom stereocenters. The van der Waals surface area contributed by atoms with E-state index in [9.17, 15) is 9.90 Å². The third-order valence-corrected chi connectivity index (χ3v) is 3.55. The first-order valence-electron chi connectivity index (χ1n) is 5.16. The van der Waals surface area contributed by atoms with Crippen LogP contribution in [0, 0.1) is 0 Å². The molecule has 0 aliphatic carbocycles. The summed E-state index contributed by atoms with van der Waals surface area (Å²) in [6.45, 7) is 1.71. The molecule has 1 atom stereocenters. The van der Waals surface area contributed by atoms with Crippen molar-refractivity contribution in [2.24, 2.45) is 7.05 Å². The van der Waals surface area contributed by atoms with E-state index >= 15 is 0 Å². The molecule has 0 aliphatic heterocycles. The highest BCUT2D eigenvalue weighted by Gasteiger charge is 2.12. The summed E-state index contributed by atoms with van der Waals surface area (Å²) >= 11 is 1.35. The molecule has 17 heavy (non-hydrogen) atoms. The Labute approximate surface area is 102 Å². The summed E-state index contributed by atoms with van der Waals surface area (Å²) in [7, 11) is 1.65. The summed E-state index contributed by atoms with van der Waals surface area (Å²) in [4.78, 5) is 12.1. The van der Waals surface area contributed by atoms with Crippen LogP contribution >= 0.6 is 11.8 Å². The summed E-state index contributed by atoms with van der Waals surface area (Å²) < 4.78 is 1.43. The number of hydrogen-bond acceptors (Lipinski definition) is 4. The molecule has 0 spiro atoms. The van der Waals surface area contributed by atoms with Crippen molar-refractivity contribution in [2.45, 2.75) is 23.1 Å². The molecule has 6 heteroatoms. The van der Waals surface area contributed by atoms with Crippen LogP contribution in [0.5, 0.6) is 0 Å². The van der Waals surface area contributed by atoms with Crippen molar-refractivity contribution in [3.8, 4) is 0 Å². The van der Waals surface area contributed by atoms with E-state index in [2.05, 4.69) is 10.2 Å². The minimum absolute atomic E-state index is 0.248. The van der Waals surface area contributed by atoms with E-state index in [4.69, 9.17) is 0 Å². The molecule has 1 aromatic carbocycles. The summed E-state index contributed by atoms with van der Waals surface area (Å²) in [5.41, 5.74) is 0.579. The number of nitrogens with one attached hydrogen (secondary N) is 1. The van der Waals surface area contributed by atoms with Gasteiger partial charge in [-0.3, -0.25) is 4.57 Å². The lowest BCUT2D eigenvalue weighted by atomic mass is 10.1. The van der Waals surface area contributed by atoms with Crippen LogP contribution in [-0.2, 0) is 7.05 Å². The van der Waals surface area contributed by atoms with E-state index in [1.165, 1.54) is 16.3 Å². The molecule has 0 saturated carbocycles. The second-order valence-electron chi connectivity index (χ2n) is 3.69. The molecule has 0 bridgehead atoms. The molecular weight excluding hydrogens is 238 g/mol. The molecular formula is C11H13N3O2S. The van der Waals surface area contributed by atoms with Crippen LogP contribution in [0.1, 0.15) is 18.6 Å². The quantitative estimate of drug-likeness (QED) is 0.863. The van der Waals surface area contributed by atoms with Crippen LogP contribution in [-0.4, -0.2) is 19.9 Å². The van der Waals surface area contributed by atoms with E-state index in [-0.39, 0.29) is 5.69 Å². The Morgan fingerprint density at radius 3 is 2.76 bits per heavy atom. The number of aromatic amines is 1. The van der Waals surface area contributed by atoms with Gasteiger partial charge in [-0.05, 0) is 30.3 Å².